The molecule has 0 aliphatic rings. The van der Waals surface area contributed by atoms with Gasteiger partial charge in [0.1, 0.15) is 34.9 Å². The highest BCUT2D eigenvalue weighted by molar-refractivity contribution is 5.69. The van der Waals surface area contributed by atoms with Crippen LogP contribution in [0.25, 0.3) is 0 Å². The van der Waals surface area contributed by atoms with Gasteiger partial charge in [0.2, 0.25) is 0 Å². The molecule has 1 atom stereocenters. The van der Waals surface area contributed by atoms with Gasteiger partial charge < -0.3 is 19.3 Å². The molecule has 0 heterocycles. The Bertz CT molecular complexity index is 1010. The Balaban J connectivity index is 1.73. The van der Waals surface area contributed by atoms with Crippen molar-refractivity contribution in [3.05, 3.63) is 84.2 Å². The molecule has 0 saturated carbocycles. The average Bonchev–Trinajstić information content (AvgIpc) is 2.77. The number of benzene rings is 3. The molecule has 3 aromatic rings. The monoisotopic (exact) mass is 439 g/mol. The average molecular weight is 439 g/mol. The summed E-state index contributed by atoms with van der Waals surface area (Å²) in [6, 6.07) is 20.6. The first kappa shape index (κ1) is 23.1. The first-order chi connectivity index (χ1) is 15.4. The van der Waals surface area contributed by atoms with Gasteiger partial charge in [-0.1, -0.05) is 18.2 Å². The summed E-state index contributed by atoms with van der Waals surface area (Å²) in [6.45, 7) is 0.428. The minimum atomic E-state index is -0.893. The Morgan fingerprint density at radius 3 is 2.28 bits per heavy atom. The number of rotatable bonds is 11. The molecule has 0 amide bonds. The third-order valence-corrected chi connectivity index (χ3v) is 4.80. The van der Waals surface area contributed by atoms with E-state index in [0.29, 0.717) is 30.2 Å². The molecule has 7 heteroatoms. The van der Waals surface area contributed by atoms with Crippen LogP contribution in [0.5, 0.6) is 23.0 Å². The van der Waals surface area contributed by atoms with Gasteiger partial charge in [0.15, 0.2) is 0 Å². The molecule has 3 rings (SSSR count). The lowest BCUT2D eigenvalue weighted by Gasteiger charge is -2.23. The summed E-state index contributed by atoms with van der Waals surface area (Å²) in [6.07, 6.45) is 0.141. The van der Waals surface area contributed by atoms with Gasteiger partial charge in [-0.05, 0) is 61.1 Å². The number of carboxylic acid groups (broad SMARTS) is 1. The zero-order valence-electron chi connectivity index (χ0n) is 18.0. The van der Waals surface area contributed by atoms with E-state index < -0.39 is 5.97 Å². The van der Waals surface area contributed by atoms with Crippen molar-refractivity contribution < 1.29 is 28.5 Å². The Labute approximate surface area is 186 Å². The van der Waals surface area contributed by atoms with Crippen molar-refractivity contribution in [1.82, 2.24) is 4.90 Å². The molecular formula is C25H26FNO5. The van der Waals surface area contributed by atoms with Gasteiger partial charge in [-0.15, -0.1) is 0 Å². The number of carboxylic acids is 1. The molecule has 168 valence electrons. The summed E-state index contributed by atoms with van der Waals surface area (Å²) >= 11 is 0. The van der Waals surface area contributed by atoms with E-state index in [4.69, 9.17) is 19.3 Å². The summed E-state index contributed by atoms with van der Waals surface area (Å²) in [5, 5.41) is 8.98. The lowest BCUT2D eigenvalue weighted by molar-refractivity contribution is -0.138. The summed E-state index contributed by atoms with van der Waals surface area (Å²) in [7, 11) is 3.34. The number of methoxy groups -OCH3 is 1. The normalized spacial score (nSPS) is 11.8. The molecule has 0 bridgehead atoms. The Hall–Kier alpha value is -3.58. The summed E-state index contributed by atoms with van der Waals surface area (Å²) in [5.74, 6) is 1.37. The molecule has 0 fully saturated rings. The largest absolute Gasteiger partial charge is 0.497 e. The topological polar surface area (TPSA) is 68.2 Å². The van der Waals surface area contributed by atoms with Crippen molar-refractivity contribution in [2.45, 2.75) is 12.5 Å². The molecule has 0 aliphatic heterocycles. The predicted molar refractivity (Wildman–Crippen MR) is 119 cm³/mol. The molecule has 0 aliphatic carbocycles. The zero-order chi connectivity index (χ0) is 22.9. The van der Waals surface area contributed by atoms with Crippen LogP contribution >= 0.6 is 0 Å². The summed E-state index contributed by atoms with van der Waals surface area (Å²) in [4.78, 5) is 12.6. The molecule has 32 heavy (non-hydrogen) atoms. The van der Waals surface area contributed by atoms with Crippen LogP contribution in [-0.2, 0) is 4.79 Å². The van der Waals surface area contributed by atoms with Crippen LogP contribution in [0.3, 0.4) is 0 Å². The van der Waals surface area contributed by atoms with Crippen molar-refractivity contribution in [3.8, 4) is 23.0 Å². The molecular weight excluding hydrogens is 413 g/mol. The molecule has 3 aromatic carbocycles. The zero-order valence-corrected chi connectivity index (χ0v) is 18.0. The second-order valence-electron chi connectivity index (χ2n) is 7.33. The van der Waals surface area contributed by atoms with Crippen LogP contribution in [0, 0.1) is 5.82 Å². The third kappa shape index (κ3) is 6.99. The van der Waals surface area contributed by atoms with Gasteiger partial charge in [0.25, 0.3) is 0 Å². The second-order valence-corrected chi connectivity index (χ2v) is 7.33. The van der Waals surface area contributed by atoms with Crippen molar-refractivity contribution in [3.63, 3.8) is 0 Å². The van der Waals surface area contributed by atoms with Gasteiger partial charge in [0.05, 0.1) is 13.7 Å². The van der Waals surface area contributed by atoms with E-state index in [2.05, 4.69) is 0 Å². The molecule has 0 radical (unpaired) electrons. The summed E-state index contributed by atoms with van der Waals surface area (Å²) in [5.41, 5.74) is 0.802. The van der Waals surface area contributed by atoms with Crippen LogP contribution in [0.15, 0.2) is 72.8 Å². The Morgan fingerprint density at radius 1 is 0.969 bits per heavy atom. The van der Waals surface area contributed by atoms with E-state index in [0.717, 1.165) is 11.3 Å². The van der Waals surface area contributed by atoms with Crippen LogP contribution in [0.2, 0.25) is 0 Å². The van der Waals surface area contributed by atoms with Gasteiger partial charge >= 0.3 is 5.97 Å². The van der Waals surface area contributed by atoms with E-state index in [1.54, 1.807) is 37.3 Å². The minimum Gasteiger partial charge on any atom is -0.497 e. The van der Waals surface area contributed by atoms with Gasteiger partial charge in [-0.2, -0.15) is 0 Å². The van der Waals surface area contributed by atoms with Crippen molar-refractivity contribution >= 4 is 5.97 Å². The first-order valence-electron chi connectivity index (χ1n) is 10.2. The molecule has 0 aromatic heterocycles. The molecule has 6 nitrogen and oxygen atoms in total. The second kappa shape index (κ2) is 11.2. The maximum Gasteiger partial charge on any atom is 0.317 e. The van der Waals surface area contributed by atoms with E-state index in [1.807, 2.05) is 42.5 Å². The van der Waals surface area contributed by atoms with E-state index >= 15 is 0 Å². The number of aliphatic carboxylic acids is 1. The SMILES string of the molecule is COc1ccc(Oc2cccc(OC(CCN(C)CC(=O)O)c3ccc(F)cc3)c2)cc1. The quantitative estimate of drug-likeness (QED) is 0.446. The number of halogens is 1. The number of hydrogen-bond acceptors (Lipinski definition) is 5. The van der Waals surface area contributed by atoms with Crippen LogP contribution in [-0.4, -0.2) is 43.2 Å². The number of likely N-dealkylation sites (N-methyl/N-ethyl adjacent to an activating group) is 1. The predicted octanol–water partition coefficient (Wildman–Crippen LogP) is 5.15. The van der Waals surface area contributed by atoms with Crippen LogP contribution in [0.4, 0.5) is 4.39 Å². The maximum absolute atomic E-state index is 13.4. The van der Waals surface area contributed by atoms with E-state index in [1.165, 1.54) is 12.1 Å². The molecule has 0 spiro atoms. The third-order valence-electron chi connectivity index (χ3n) is 4.80. The number of ether oxygens (including phenoxy) is 3. The lowest BCUT2D eigenvalue weighted by Crippen LogP contribution is -2.28. The minimum absolute atomic E-state index is 0.0681. The number of carbonyl (C=O) groups is 1. The summed E-state index contributed by atoms with van der Waals surface area (Å²) < 4.78 is 30.7. The van der Waals surface area contributed by atoms with Gasteiger partial charge in [-0.25, -0.2) is 4.39 Å². The van der Waals surface area contributed by atoms with Crippen LogP contribution in [0.1, 0.15) is 18.1 Å². The van der Waals surface area contributed by atoms with Crippen molar-refractivity contribution in [1.29, 1.82) is 0 Å². The lowest BCUT2D eigenvalue weighted by atomic mass is 10.1. The highest BCUT2D eigenvalue weighted by atomic mass is 19.1. The number of hydrogen-bond donors (Lipinski definition) is 1. The molecule has 1 N–H and O–H groups in total. The molecule has 1 unspecified atom stereocenters. The van der Waals surface area contributed by atoms with E-state index in [-0.39, 0.29) is 18.5 Å². The highest BCUT2D eigenvalue weighted by Gasteiger charge is 2.16. The smallest absolute Gasteiger partial charge is 0.317 e. The standard InChI is InChI=1S/C25H26FNO5/c1-27(17-25(28)29)15-14-24(18-6-8-19(26)9-7-18)32-23-5-3-4-22(16-23)31-21-12-10-20(30-2)11-13-21/h3-13,16,24H,14-15,17H2,1-2H3,(H,28,29). The van der Waals surface area contributed by atoms with Gasteiger partial charge in [0, 0.05) is 19.0 Å². The fourth-order valence-electron chi connectivity index (χ4n) is 3.17. The van der Waals surface area contributed by atoms with Crippen molar-refractivity contribution in [2.24, 2.45) is 0 Å². The fourth-order valence-corrected chi connectivity index (χ4v) is 3.17. The van der Waals surface area contributed by atoms with Gasteiger partial charge in [-0.3, -0.25) is 9.69 Å². The Kier molecular flexibility index (Phi) is 8.05. The Morgan fingerprint density at radius 2 is 1.62 bits per heavy atom. The van der Waals surface area contributed by atoms with E-state index in [9.17, 15) is 9.18 Å². The van der Waals surface area contributed by atoms with Crippen LogP contribution < -0.4 is 14.2 Å². The first-order valence-corrected chi connectivity index (χ1v) is 10.2. The maximum atomic E-state index is 13.4. The molecule has 0 saturated heterocycles. The number of nitrogens with zero attached hydrogens (tertiary/aromatic N) is 1. The van der Waals surface area contributed by atoms with Crippen molar-refractivity contribution in [2.75, 3.05) is 27.2 Å². The fraction of sp³-hybridized carbons (Fsp3) is 0.240. The highest BCUT2D eigenvalue weighted by Crippen LogP contribution is 2.30.